The van der Waals surface area contributed by atoms with Crippen LogP contribution in [0.5, 0.6) is 0 Å². The molecule has 236 valence electrons. The van der Waals surface area contributed by atoms with Crippen molar-refractivity contribution >= 4 is 57.6 Å². The summed E-state index contributed by atoms with van der Waals surface area (Å²) in [6, 6.07) is 10.9. The van der Waals surface area contributed by atoms with Gasteiger partial charge < -0.3 is 24.9 Å². The molecule has 2 aromatic carbocycles. The number of likely N-dealkylation sites (tertiary alicyclic amines) is 1. The van der Waals surface area contributed by atoms with Crippen molar-refractivity contribution in [2.75, 3.05) is 13.1 Å². The Balaban J connectivity index is 1.04. The maximum Gasteiger partial charge on any atom is 0.399 e. The van der Waals surface area contributed by atoms with Gasteiger partial charge in [0.15, 0.2) is 0 Å². The second-order valence-corrected chi connectivity index (χ2v) is 14.7. The summed E-state index contributed by atoms with van der Waals surface area (Å²) in [4.78, 5) is 62.5. The molecule has 0 aliphatic carbocycles. The number of benzene rings is 2. The quantitative estimate of drug-likeness (QED) is 0.264. The first-order valence-electron chi connectivity index (χ1n) is 14.7. The minimum Gasteiger partial charge on any atom is -0.340 e. The number of fused-ring (bicyclic) bond motifs is 3. The van der Waals surface area contributed by atoms with E-state index in [4.69, 9.17) is 9.79 Å². The SMILES string of the molecule is O=C(N[C@H]1CCC[C@H]2CC[C@@H](C(=O)N3CC(n4ncc5ccccc54)C3)N2C1=O)c1cc2cc(C(F)(F)P(=O)(O)O)ccc2s1. The van der Waals surface area contributed by atoms with Gasteiger partial charge in [0.2, 0.25) is 11.8 Å². The van der Waals surface area contributed by atoms with Crippen molar-refractivity contribution in [2.45, 2.75) is 61.9 Å². The van der Waals surface area contributed by atoms with Gasteiger partial charge in [-0.15, -0.1) is 11.3 Å². The molecule has 2 aromatic heterocycles. The van der Waals surface area contributed by atoms with Gasteiger partial charge in [-0.3, -0.25) is 23.6 Å². The van der Waals surface area contributed by atoms with E-state index in [1.807, 2.05) is 35.1 Å². The molecule has 0 unspecified atom stereocenters. The van der Waals surface area contributed by atoms with Crippen LogP contribution in [-0.2, 0) is 19.8 Å². The Bertz CT molecular complexity index is 1880. The number of hydrogen-bond donors (Lipinski definition) is 3. The molecule has 0 bridgehead atoms. The maximum absolute atomic E-state index is 14.2. The topological polar surface area (TPSA) is 145 Å². The summed E-state index contributed by atoms with van der Waals surface area (Å²) in [5.41, 5.74) is -4.22. The van der Waals surface area contributed by atoms with E-state index < -0.39 is 36.8 Å². The Labute approximate surface area is 259 Å². The fourth-order valence-corrected chi connectivity index (χ4v) is 8.18. The van der Waals surface area contributed by atoms with Crippen LogP contribution in [0, 0.1) is 0 Å². The fraction of sp³-hybridized carbons (Fsp3) is 0.400. The molecule has 11 nitrogen and oxygen atoms in total. The Morgan fingerprint density at radius 3 is 2.56 bits per heavy atom. The number of hydrogen-bond acceptors (Lipinski definition) is 6. The van der Waals surface area contributed by atoms with Crippen LogP contribution in [0.4, 0.5) is 8.78 Å². The van der Waals surface area contributed by atoms with Crippen molar-refractivity contribution < 1.29 is 37.5 Å². The first-order chi connectivity index (χ1) is 21.4. The van der Waals surface area contributed by atoms with Gasteiger partial charge in [0.05, 0.1) is 22.6 Å². The summed E-state index contributed by atoms with van der Waals surface area (Å²) < 4.78 is 42.2. The standard InChI is InChI=1S/C30H30F2N5O6PS/c31-30(32,44(41,42)43)19-8-11-25-18(12-19)13-26(45-25)27(38)34-22-6-3-5-20-9-10-24(36(20)28(22)39)29(40)35-15-21(16-35)37-23-7-2-1-4-17(23)14-33-37/h1-2,4,7-8,11-14,20-22,24H,3,5-6,9-10,15-16H2,(H,34,38)(H2,41,42,43)/t20-,22-,24-/m0/s1. The van der Waals surface area contributed by atoms with Gasteiger partial charge >= 0.3 is 13.3 Å². The number of nitrogens with zero attached hydrogens (tertiary/aromatic N) is 4. The molecule has 45 heavy (non-hydrogen) atoms. The maximum atomic E-state index is 14.2. The molecule has 3 aliphatic heterocycles. The van der Waals surface area contributed by atoms with E-state index in [-0.39, 0.29) is 34.2 Å². The summed E-state index contributed by atoms with van der Waals surface area (Å²) in [6.07, 6.45) is 4.89. The second-order valence-electron chi connectivity index (χ2n) is 11.9. The lowest BCUT2D eigenvalue weighted by atomic mass is 10.0. The minimum atomic E-state index is -5.75. The molecule has 0 saturated carbocycles. The van der Waals surface area contributed by atoms with E-state index in [1.165, 1.54) is 12.1 Å². The summed E-state index contributed by atoms with van der Waals surface area (Å²) >= 11 is 1.02. The Kier molecular flexibility index (Phi) is 7.31. The number of halogens is 2. The normalized spacial score (nSPS) is 22.8. The number of nitrogens with one attached hydrogen (secondary N) is 1. The lowest BCUT2D eigenvalue weighted by molar-refractivity contribution is -0.149. The Hall–Kier alpha value is -3.71. The summed E-state index contributed by atoms with van der Waals surface area (Å²) in [7, 11) is -5.75. The highest BCUT2D eigenvalue weighted by molar-refractivity contribution is 7.52. The molecule has 0 radical (unpaired) electrons. The Morgan fingerprint density at radius 2 is 1.78 bits per heavy atom. The van der Waals surface area contributed by atoms with E-state index in [0.717, 1.165) is 40.8 Å². The first-order valence-corrected chi connectivity index (χ1v) is 17.2. The van der Waals surface area contributed by atoms with Crippen LogP contribution in [0.15, 0.2) is 54.7 Å². The molecule has 4 aromatic rings. The fourth-order valence-electron chi connectivity index (χ4n) is 6.76. The van der Waals surface area contributed by atoms with Crippen LogP contribution in [0.1, 0.15) is 53.4 Å². The van der Waals surface area contributed by atoms with Crippen LogP contribution in [0.25, 0.3) is 21.0 Å². The van der Waals surface area contributed by atoms with E-state index in [1.54, 1.807) is 9.80 Å². The van der Waals surface area contributed by atoms with E-state index in [0.29, 0.717) is 43.5 Å². The van der Waals surface area contributed by atoms with Gasteiger partial charge in [-0.2, -0.15) is 13.9 Å². The summed E-state index contributed by atoms with van der Waals surface area (Å²) in [5.74, 6) is -0.963. The van der Waals surface area contributed by atoms with Gasteiger partial charge in [-0.25, -0.2) is 0 Å². The van der Waals surface area contributed by atoms with E-state index in [9.17, 15) is 27.7 Å². The number of carbonyl (C=O) groups excluding carboxylic acids is 3. The molecule has 7 rings (SSSR count). The molecule has 3 fully saturated rings. The van der Waals surface area contributed by atoms with Crippen LogP contribution < -0.4 is 5.32 Å². The number of amides is 3. The average molecular weight is 658 g/mol. The highest BCUT2D eigenvalue weighted by Gasteiger charge is 2.51. The smallest absolute Gasteiger partial charge is 0.340 e. The molecule has 5 heterocycles. The monoisotopic (exact) mass is 657 g/mol. The van der Waals surface area contributed by atoms with Gasteiger partial charge in [0.25, 0.3) is 5.91 Å². The third-order valence-electron chi connectivity index (χ3n) is 9.15. The first kappa shape index (κ1) is 30.0. The predicted molar refractivity (Wildman–Crippen MR) is 162 cm³/mol. The highest BCUT2D eigenvalue weighted by atomic mass is 32.1. The molecule has 0 spiro atoms. The number of aromatic nitrogens is 2. The van der Waals surface area contributed by atoms with Gasteiger partial charge in [0.1, 0.15) is 12.1 Å². The zero-order valence-corrected chi connectivity index (χ0v) is 25.6. The molecular formula is C30H30F2N5O6PS. The van der Waals surface area contributed by atoms with Crippen molar-refractivity contribution in [2.24, 2.45) is 0 Å². The van der Waals surface area contributed by atoms with Crippen molar-refractivity contribution in [3.63, 3.8) is 0 Å². The minimum absolute atomic E-state index is 0.0540. The van der Waals surface area contributed by atoms with Crippen LogP contribution >= 0.6 is 18.9 Å². The molecule has 3 saturated heterocycles. The summed E-state index contributed by atoms with van der Waals surface area (Å²) in [5, 5.41) is 8.57. The second kappa shape index (κ2) is 11.0. The van der Waals surface area contributed by atoms with Gasteiger partial charge in [-0.1, -0.05) is 24.3 Å². The lowest BCUT2D eigenvalue weighted by Crippen LogP contribution is -2.59. The van der Waals surface area contributed by atoms with Gasteiger partial charge in [0, 0.05) is 34.8 Å². The Morgan fingerprint density at radius 1 is 1.00 bits per heavy atom. The number of alkyl halides is 2. The highest BCUT2D eigenvalue weighted by Crippen LogP contribution is 2.59. The average Bonchev–Trinajstić information content (AvgIpc) is 3.69. The number of thiophene rings is 1. The van der Waals surface area contributed by atoms with Crippen molar-refractivity contribution in [3.05, 3.63) is 65.2 Å². The van der Waals surface area contributed by atoms with E-state index in [2.05, 4.69) is 10.4 Å². The lowest BCUT2D eigenvalue weighted by Gasteiger charge is -2.42. The third kappa shape index (κ3) is 5.13. The summed E-state index contributed by atoms with van der Waals surface area (Å²) in [6.45, 7) is 1.00. The van der Waals surface area contributed by atoms with Crippen LogP contribution in [-0.4, -0.2) is 78.3 Å². The molecule has 3 atom stereocenters. The number of para-hydroxylation sites is 1. The van der Waals surface area contributed by atoms with Crippen LogP contribution in [0.2, 0.25) is 0 Å². The van der Waals surface area contributed by atoms with Crippen LogP contribution in [0.3, 0.4) is 0 Å². The van der Waals surface area contributed by atoms with Gasteiger partial charge in [-0.05, 0) is 61.8 Å². The molecule has 15 heteroatoms. The predicted octanol–water partition coefficient (Wildman–Crippen LogP) is 4.20. The van der Waals surface area contributed by atoms with Crippen molar-refractivity contribution in [1.82, 2.24) is 24.9 Å². The number of rotatable bonds is 6. The molecule has 3 aliphatic rings. The molecule has 3 amide bonds. The zero-order valence-electron chi connectivity index (χ0n) is 23.9. The van der Waals surface area contributed by atoms with E-state index >= 15 is 0 Å². The molecular weight excluding hydrogens is 627 g/mol. The van der Waals surface area contributed by atoms with Crippen molar-refractivity contribution in [3.8, 4) is 0 Å². The third-order valence-corrected chi connectivity index (χ3v) is 11.3. The largest absolute Gasteiger partial charge is 0.399 e. The number of carbonyl (C=O) groups is 3. The zero-order chi connectivity index (χ0) is 31.7. The molecule has 3 N–H and O–H groups in total. The van der Waals surface area contributed by atoms with Crippen molar-refractivity contribution in [1.29, 1.82) is 0 Å².